The van der Waals surface area contributed by atoms with Crippen molar-refractivity contribution in [2.75, 3.05) is 19.0 Å². The summed E-state index contributed by atoms with van der Waals surface area (Å²) in [5.74, 6) is 1.90. The molecule has 0 bridgehead atoms. The van der Waals surface area contributed by atoms with Crippen LogP contribution < -0.4 is 14.8 Å². The first-order valence-corrected chi connectivity index (χ1v) is 8.58. The predicted molar refractivity (Wildman–Crippen MR) is 91.2 cm³/mol. The maximum atomic E-state index is 12.1. The largest absolute Gasteiger partial charge is 0.486 e. The van der Waals surface area contributed by atoms with E-state index in [4.69, 9.17) is 9.47 Å². The first-order chi connectivity index (χ1) is 11.2. The van der Waals surface area contributed by atoms with Crippen LogP contribution in [0.25, 0.3) is 0 Å². The molecule has 0 saturated carbocycles. The van der Waals surface area contributed by atoms with Crippen LogP contribution in [0.15, 0.2) is 53.4 Å². The molecule has 4 nitrogen and oxygen atoms in total. The van der Waals surface area contributed by atoms with Gasteiger partial charge in [0.15, 0.2) is 11.5 Å². The van der Waals surface area contributed by atoms with Crippen LogP contribution in [0.2, 0.25) is 0 Å². The standard InChI is InChI=1S/C18H19NO3S/c1-13(14-5-3-2-4-6-14)19-18(20)12-23-15-7-8-16-17(11-15)22-10-9-21-16/h2-8,11,13H,9-10,12H2,1H3,(H,19,20)/t13-/m1/s1. The van der Waals surface area contributed by atoms with E-state index in [1.807, 2.05) is 55.5 Å². The first kappa shape index (κ1) is 15.7. The molecule has 2 aromatic rings. The summed E-state index contributed by atoms with van der Waals surface area (Å²) in [5, 5.41) is 3.01. The molecule has 0 aromatic heterocycles. The minimum atomic E-state index is 0.00423. The fourth-order valence-electron chi connectivity index (χ4n) is 2.37. The summed E-state index contributed by atoms with van der Waals surface area (Å²) in [4.78, 5) is 13.1. The third-order valence-corrected chi connectivity index (χ3v) is 4.55. The van der Waals surface area contributed by atoms with Gasteiger partial charge in [-0.2, -0.15) is 0 Å². The number of benzene rings is 2. The molecule has 1 N–H and O–H groups in total. The molecule has 5 heteroatoms. The van der Waals surface area contributed by atoms with Gasteiger partial charge in [0, 0.05) is 4.90 Å². The van der Waals surface area contributed by atoms with Crippen molar-refractivity contribution in [2.24, 2.45) is 0 Å². The highest BCUT2D eigenvalue weighted by molar-refractivity contribution is 8.00. The Morgan fingerprint density at radius 3 is 2.65 bits per heavy atom. The van der Waals surface area contributed by atoms with E-state index >= 15 is 0 Å². The van der Waals surface area contributed by atoms with Crippen molar-refractivity contribution in [3.8, 4) is 11.5 Å². The summed E-state index contributed by atoms with van der Waals surface area (Å²) in [6.07, 6.45) is 0. The summed E-state index contributed by atoms with van der Waals surface area (Å²) in [6.45, 7) is 3.14. The van der Waals surface area contributed by atoms with Crippen molar-refractivity contribution in [3.63, 3.8) is 0 Å². The molecule has 0 spiro atoms. The normalized spacial score (nSPS) is 14.1. The lowest BCUT2D eigenvalue weighted by molar-refractivity contribution is -0.119. The van der Waals surface area contributed by atoms with Crippen LogP contribution in [-0.2, 0) is 4.79 Å². The van der Waals surface area contributed by atoms with E-state index in [9.17, 15) is 4.79 Å². The van der Waals surface area contributed by atoms with Crippen molar-refractivity contribution in [1.29, 1.82) is 0 Å². The zero-order valence-electron chi connectivity index (χ0n) is 13.0. The first-order valence-electron chi connectivity index (χ1n) is 7.59. The maximum absolute atomic E-state index is 12.1. The fraction of sp³-hybridized carbons (Fsp3) is 0.278. The van der Waals surface area contributed by atoms with Gasteiger partial charge in [-0.25, -0.2) is 0 Å². The highest BCUT2D eigenvalue weighted by Crippen LogP contribution is 2.34. The van der Waals surface area contributed by atoms with Gasteiger partial charge in [-0.05, 0) is 30.7 Å². The van der Waals surface area contributed by atoms with Gasteiger partial charge in [0.1, 0.15) is 13.2 Å². The van der Waals surface area contributed by atoms with Crippen molar-refractivity contribution in [3.05, 3.63) is 54.1 Å². The number of thioether (sulfide) groups is 1. The summed E-state index contributed by atoms with van der Waals surface area (Å²) in [6, 6.07) is 15.7. The maximum Gasteiger partial charge on any atom is 0.230 e. The molecule has 0 aliphatic carbocycles. The lowest BCUT2D eigenvalue weighted by Gasteiger charge is -2.18. The lowest BCUT2D eigenvalue weighted by Crippen LogP contribution is -2.28. The number of nitrogens with one attached hydrogen (secondary N) is 1. The van der Waals surface area contributed by atoms with Gasteiger partial charge in [0.25, 0.3) is 0 Å². The van der Waals surface area contributed by atoms with Crippen LogP contribution in [0.1, 0.15) is 18.5 Å². The molecule has 0 radical (unpaired) electrons. The van der Waals surface area contributed by atoms with Crippen molar-refractivity contribution in [2.45, 2.75) is 17.9 Å². The van der Waals surface area contributed by atoms with Crippen LogP contribution >= 0.6 is 11.8 Å². The topological polar surface area (TPSA) is 47.6 Å². The number of hydrogen-bond donors (Lipinski definition) is 1. The second-order valence-corrected chi connectivity index (χ2v) is 6.34. The number of carbonyl (C=O) groups excluding carboxylic acids is 1. The quantitative estimate of drug-likeness (QED) is 0.854. The smallest absolute Gasteiger partial charge is 0.230 e. The van der Waals surface area contributed by atoms with Crippen LogP contribution in [-0.4, -0.2) is 24.9 Å². The second kappa shape index (κ2) is 7.42. The summed E-state index contributed by atoms with van der Waals surface area (Å²) < 4.78 is 11.0. The monoisotopic (exact) mass is 329 g/mol. The molecule has 1 aliphatic heterocycles. The van der Waals surface area contributed by atoms with E-state index < -0.39 is 0 Å². The van der Waals surface area contributed by atoms with Crippen LogP contribution in [0.3, 0.4) is 0 Å². The van der Waals surface area contributed by atoms with Crippen molar-refractivity contribution >= 4 is 17.7 Å². The summed E-state index contributed by atoms with van der Waals surface area (Å²) in [7, 11) is 0. The molecule has 2 aromatic carbocycles. The minimum Gasteiger partial charge on any atom is -0.486 e. The molecule has 1 aliphatic rings. The lowest BCUT2D eigenvalue weighted by atomic mass is 10.1. The Hall–Kier alpha value is -2.14. The Balaban J connectivity index is 1.53. The van der Waals surface area contributed by atoms with E-state index in [1.54, 1.807) is 0 Å². The predicted octanol–water partition coefficient (Wildman–Crippen LogP) is 3.43. The Labute approximate surface area is 140 Å². The number of carbonyl (C=O) groups is 1. The second-order valence-electron chi connectivity index (χ2n) is 5.29. The number of fused-ring (bicyclic) bond motifs is 1. The van der Waals surface area contributed by atoms with E-state index in [0.717, 1.165) is 22.0 Å². The van der Waals surface area contributed by atoms with E-state index in [1.165, 1.54) is 11.8 Å². The highest BCUT2D eigenvalue weighted by Gasteiger charge is 2.13. The Morgan fingerprint density at radius 1 is 1.13 bits per heavy atom. The van der Waals surface area contributed by atoms with Crippen LogP contribution in [0, 0.1) is 0 Å². The molecule has 0 saturated heterocycles. The van der Waals surface area contributed by atoms with Crippen LogP contribution in [0.5, 0.6) is 11.5 Å². The minimum absolute atomic E-state index is 0.00423. The van der Waals surface area contributed by atoms with E-state index in [-0.39, 0.29) is 11.9 Å². The van der Waals surface area contributed by atoms with Crippen LogP contribution in [0.4, 0.5) is 0 Å². The molecule has 3 rings (SSSR count). The van der Waals surface area contributed by atoms with Gasteiger partial charge < -0.3 is 14.8 Å². The Kier molecular flexibility index (Phi) is 5.08. The van der Waals surface area contributed by atoms with Gasteiger partial charge in [-0.15, -0.1) is 11.8 Å². The number of ether oxygens (including phenoxy) is 2. The molecule has 23 heavy (non-hydrogen) atoms. The van der Waals surface area contributed by atoms with Gasteiger partial charge >= 0.3 is 0 Å². The molecule has 1 atom stereocenters. The Bertz CT molecular complexity index is 675. The van der Waals surface area contributed by atoms with Gasteiger partial charge in [0.2, 0.25) is 5.91 Å². The van der Waals surface area contributed by atoms with Gasteiger partial charge in [-0.3, -0.25) is 4.79 Å². The molecule has 120 valence electrons. The molecule has 1 amide bonds. The van der Waals surface area contributed by atoms with E-state index in [2.05, 4.69) is 5.32 Å². The molecule has 0 fully saturated rings. The average Bonchev–Trinajstić information content (AvgIpc) is 2.60. The zero-order valence-corrected chi connectivity index (χ0v) is 13.8. The Morgan fingerprint density at radius 2 is 1.87 bits per heavy atom. The molecule has 1 heterocycles. The number of hydrogen-bond acceptors (Lipinski definition) is 4. The van der Waals surface area contributed by atoms with E-state index in [0.29, 0.717) is 19.0 Å². The highest BCUT2D eigenvalue weighted by atomic mass is 32.2. The summed E-state index contributed by atoms with van der Waals surface area (Å²) in [5.41, 5.74) is 1.10. The van der Waals surface area contributed by atoms with Gasteiger partial charge in [-0.1, -0.05) is 30.3 Å². The molecular weight excluding hydrogens is 310 g/mol. The number of rotatable bonds is 5. The SMILES string of the molecule is C[C@@H](NC(=O)CSc1ccc2c(c1)OCCO2)c1ccccc1. The van der Waals surface area contributed by atoms with Crippen molar-refractivity contribution in [1.82, 2.24) is 5.32 Å². The summed E-state index contributed by atoms with van der Waals surface area (Å²) >= 11 is 1.49. The fourth-order valence-corrected chi connectivity index (χ4v) is 3.11. The average molecular weight is 329 g/mol. The third kappa shape index (κ3) is 4.20. The van der Waals surface area contributed by atoms with Gasteiger partial charge in [0.05, 0.1) is 11.8 Å². The molecular formula is C18H19NO3S. The van der Waals surface area contributed by atoms with Crippen molar-refractivity contribution < 1.29 is 14.3 Å². The zero-order chi connectivity index (χ0) is 16.1. The third-order valence-electron chi connectivity index (χ3n) is 3.56. The number of amides is 1. The molecule has 0 unspecified atom stereocenters.